The third kappa shape index (κ3) is 5.29. The minimum Gasteiger partial charge on any atom is -0.484 e. The highest BCUT2D eigenvalue weighted by molar-refractivity contribution is 5.83. The zero-order valence-electron chi connectivity index (χ0n) is 15.6. The van der Waals surface area contributed by atoms with Gasteiger partial charge in [-0.25, -0.2) is 4.39 Å². The molecular formula is C21H24FN3O3. The van der Waals surface area contributed by atoms with Gasteiger partial charge in [0.15, 0.2) is 6.61 Å². The lowest BCUT2D eigenvalue weighted by molar-refractivity contribution is -0.141. The van der Waals surface area contributed by atoms with Gasteiger partial charge in [0, 0.05) is 26.2 Å². The quantitative estimate of drug-likeness (QED) is 0.817. The highest BCUT2D eigenvalue weighted by atomic mass is 19.1. The zero-order chi connectivity index (χ0) is 19.9. The van der Waals surface area contributed by atoms with Crippen LogP contribution in [-0.2, 0) is 16.0 Å². The fourth-order valence-corrected chi connectivity index (χ4v) is 3.13. The van der Waals surface area contributed by atoms with Gasteiger partial charge in [-0.05, 0) is 36.2 Å². The van der Waals surface area contributed by atoms with Crippen molar-refractivity contribution in [1.29, 1.82) is 0 Å². The molecule has 1 fully saturated rings. The molecule has 2 N–H and O–H groups in total. The van der Waals surface area contributed by atoms with E-state index in [4.69, 9.17) is 10.5 Å². The minimum absolute atomic E-state index is 0.0986. The summed E-state index contributed by atoms with van der Waals surface area (Å²) >= 11 is 0. The molecule has 1 heterocycles. The summed E-state index contributed by atoms with van der Waals surface area (Å²) in [5.74, 6) is -0.177. The molecule has 2 aromatic carbocycles. The van der Waals surface area contributed by atoms with E-state index in [0.717, 1.165) is 5.56 Å². The van der Waals surface area contributed by atoms with Crippen molar-refractivity contribution >= 4 is 11.8 Å². The Labute approximate surface area is 163 Å². The molecule has 0 radical (unpaired) electrons. The van der Waals surface area contributed by atoms with Crippen LogP contribution in [-0.4, -0.2) is 60.4 Å². The first-order valence-corrected chi connectivity index (χ1v) is 9.27. The molecule has 148 valence electrons. The predicted octanol–water partition coefficient (Wildman–Crippen LogP) is 1.45. The number of carbonyl (C=O) groups is 2. The number of carbonyl (C=O) groups excluding carboxylic acids is 2. The molecule has 7 heteroatoms. The van der Waals surface area contributed by atoms with E-state index >= 15 is 0 Å². The third-order valence-electron chi connectivity index (χ3n) is 4.74. The molecule has 6 nitrogen and oxygen atoms in total. The first-order valence-electron chi connectivity index (χ1n) is 9.27. The van der Waals surface area contributed by atoms with Crippen LogP contribution < -0.4 is 10.5 Å². The number of ether oxygens (including phenoxy) is 1. The number of hydrogen-bond acceptors (Lipinski definition) is 4. The highest BCUT2D eigenvalue weighted by Crippen LogP contribution is 2.12. The second-order valence-electron chi connectivity index (χ2n) is 6.74. The van der Waals surface area contributed by atoms with Crippen molar-refractivity contribution in [3.63, 3.8) is 0 Å². The van der Waals surface area contributed by atoms with Crippen LogP contribution >= 0.6 is 0 Å². The Kier molecular flexibility index (Phi) is 6.60. The van der Waals surface area contributed by atoms with Gasteiger partial charge >= 0.3 is 0 Å². The molecule has 1 aliphatic rings. The summed E-state index contributed by atoms with van der Waals surface area (Å²) in [6.07, 6.45) is 0.490. The maximum Gasteiger partial charge on any atom is 0.260 e. The van der Waals surface area contributed by atoms with Crippen molar-refractivity contribution in [2.45, 2.75) is 12.5 Å². The maximum absolute atomic E-state index is 12.9. The minimum atomic E-state index is -0.591. The molecule has 0 spiro atoms. The summed E-state index contributed by atoms with van der Waals surface area (Å²) in [4.78, 5) is 28.2. The van der Waals surface area contributed by atoms with Gasteiger partial charge in [-0.3, -0.25) is 9.59 Å². The van der Waals surface area contributed by atoms with Crippen molar-refractivity contribution in [3.05, 3.63) is 66.0 Å². The molecule has 2 aromatic rings. The van der Waals surface area contributed by atoms with E-state index in [2.05, 4.69) is 0 Å². The average Bonchev–Trinajstić information content (AvgIpc) is 2.73. The van der Waals surface area contributed by atoms with Crippen LogP contribution in [0.25, 0.3) is 0 Å². The largest absolute Gasteiger partial charge is 0.484 e. The monoisotopic (exact) mass is 385 g/mol. The number of piperazine rings is 1. The van der Waals surface area contributed by atoms with Gasteiger partial charge in [0.05, 0.1) is 6.04 Å². The Morgan fingerprint density at radius 1 is 0.964 bits per heavy atom. The molecule has 3 rings (SSSR count). The number of amides is 2. The van der Waals surface area contributed by atoms with E-state index in [1.165, 1.54) is 24.3 Å². The summed E-state index contributed by atoms with van der Waals surface area (Å²) in [7, 11) is 0. The Bertz CT molecular complexity index is 790. The number of nitrogens with two attached hydrogens (primary N) is 1. The van der Waals surface area contributed by atoms with Crippen LogP contribution in [0.5, 0.6) is 5.75 Å². The van der Waals surface area contributed by atoms with Crippen molar-refractivity contribution < 1.29 is 18.7 Å². The van der Waals surface area contributed by atoms with Crippen LogP contribution in [0, 0.1) is 5.82 Å². The summed E-state index contributed by atoms with van der Waals surface area (Å²) in [6, 6.07) is 14.6. The molecular weight excluding hydrogens is 361 g/mol. The topological polar surface area (TPSA) is 75.9 Å². The van der Waals surface area contributed by atoms with Gasteiger partial charge in [-0.2, -0.15) is 0 Å². The summed E-state index contributed by atoms with van der Waals surface area (Å²) in [5.41, 5.74) is 7.10. The fraction of sp³-hybridized carbons (Fsp3) is 0.333. The molecule has 0 unspecified atom stereocenters. The maximum atomic E-state index is 12.9. The predicted molar refractivity (Wildman–Crippen MR) is 103 cm³/mol. The van der Waals surface area contributed by atoms with Gasteiger partial charge in [0.25, 0.3) is 5.91 Å². The molecule has 1 saturated heterocycles. The standard InChI is InChI=1S/C21H24FN3O3/c22-17-6-8-18(9-7-17)28-15-20(26)24-10-12-25(13-11-24)21(27)19(23)14-16-4-2-1-3-5-16/h1-9,19H,10-15,23H2/t19-/m0/s1. The Morgan fingerprint density at radius 2 is 1.57 bits per heavy atom. The first kappa shape index (κ1) is 19.8. The van der Waals surface area contributed by atoms with E-state index in [1.54, 1.807) is 9.80 Å². The summed E-state index contributed by atoms with van der Waals surface area (Å²) in [6.45, 7) is 1.66. The van der Waals surface area contributed by atoms with E-state index < -0.39 is 6.04 Å². The van der Waals surface area contributed by atoms with Crippen molar-refractivity contribution in [3.8, 4) is 5.75 Å². The zero-order valence-corrected chi connectivity index (χ0v) is 15.6. The second kappa shape index (κ2) is 9.32. The van der Waals surface area contributed by atoms with Gasteiger partial charge < -0.3 is 20.3 Å². The highest BCUT2D eigenvalue weighted by Gasteiger charge is 2.27. The fourth-order valence-electron chi connectivity index (χ4n) is 3.13. The van der Waals surface area contributed by atoms with E-state index in [-0.39, 0.29) is 24.2 Å². The molecule has 0 saturated carbocycles. The molecule has 1 aliphatic heterocycles. The lowest BCUT2D eigenvalue weighted by Crippen LogP contribution is -2.55. The SMILES string of the molecule is N[C@@H](Cc1ccccc1)C(=O)N1CCN(C(=O)COc2ccc(F)cc2)CC1. The first-order chi connectivity index (χ1) is 13.5. The smallest absolute Gasteiger partial charge is 0.260 e. The summed E-state index contributed by atoms with van der Waals surface area (Å²) in [5, 5.41) is 0. The molecule has 1 atom stereocenters. The van der Waals surface area contributed by atoms with E-state index in [1.807, 2.05) is 30.3 Å². The lowest BCUT2D eigenvalue weighted by Gasteiger charge is -2.35. The van der Waals surface area contributed by atoms with Crippen LogP contribution in [0.3, 0.4) is 0 Å². The molecule has 0 bridgehead atoms. The van der Waals surface area contributed by atoms with Crippen LogP contribution in [0.4, 0.5) is 4.39 Å². The summed E-state index contributed by atoms with van der Waals surface area (Å²) < 4.78 is 18.3. The molecule has 0 aromatic heterocycles. The molecule has 0 aliphatic carbocycles. The molecule has 2 amide bonds. The van der Waals surface area contributed by atoms with Gasteiger partial charge in [0.1, 0.15) is 11.6 Å². The van der Waals surface area contributed by atoms with Crippen LogP contribution in [0.1, 0.15) is 5.56 Å². The second-order valence-corrected chi connectivity index (χ2v) is 6.74. The third-order valence-corrected chi connectivity index (χ3v) is 4.74. The van der Waals surface area contributed by atoms with Gasteiger partial charge in [-0.15, -0.1) is 0 Å². The number of hydrogen-bond donors (Lipinski definition) is 1. The Hall–Kier alpha value is -2.93. The van der Waals surface area contributed by atoms with Crippen LogP contribution in [0.15, 0.2) is 54.6 Å². The lowest BCUT2D eigenvalue weighted by atomic mass is 10.1. The number of nitrogens with zero attached hydrogens (tertiary/aromatic N) is 2. The normalized spacial score (nSPS) is 15.2. The number of benzene rings is 2. The van der Waals surface area contributed by atoms with E-state index in [0.29, 0.717) is 38.3 Å². The van der Waals surface area contributed by atoms with Crippen molar-refractivity contribution in [2.75, 3.05) is 32.8 Å². The number of rotatable bonds is 6. The molecule has 28 heavy (non-hydrogen) atoms. The Morgan fingerprint density at radius 3 is 2.21 bits per heavy atom. The van der Waals surface area contributed by atoms with Crippen molar-refractivity contribution in [2.24, 2.45) is 5.73 Å². The number of halogens is 1. The average molecular weight is 385 g/mol. The van der Waals surface area contributed by atoms with Crippen LogP contribution in [0.2, 0.25) is 0 Å². The van der Waals surface area contributed by atoms with Crippen molar-refractivity contribution in [1.82, 2.24) is 9.80 Å². The Balaban J connectivity index is 1.43. The van der Waals surface area contributed by atoms with E-state index in [9.17, 15) is 14.0 Å². The van der Waals surface area contributed by atoms with Gasteiger partial charge in [-0.1, -0.05) is 30.3 Å². The van der Waals surface area contributed by atoms with Gasteiger partial charge in [0.2, 0.25) is 5.91 Å².